The SMILES string of the molecule is CN(C)CCn1c(=O)n(C)c(=O)c2c1nc(Cl)n2Cc1ccccc1. The minimum absolute atomic E-state index is 0.195. The van der Waals surface area contributed by atoms with E-state index >= 15 is 0 Å². The first-order valence-corrected chi connectivity index (χ1v) is 8.32. The van der Waals surface area contributed by atoms with Crippen molar-refractivity contribution in [2.24, 2.45) is 7.05 Å². The molecule has 3 aromatic rings. The van der Waals surface area contributed by atoms with Crippen LogP contribution < -0.4 is 11.2 Å². The van der Waals surface area contributed by atoms with E-state index < -0.39 is 5.56 Å². The monoisotopic (exact) mass is 361 g/mol. The maximum Gasteiger partial charge on any atom is 0.332 e. The maximum absolute atomic E-state index is 12.7. The summed E-state index contributed by atoms with van der Waals surface area (Å²) in [5, 5.41) is 0.195. The van der Waals surface area contributed by atoms with Crippen molar-refractivity contribution in [3.63, 3.8) is 0 Å². The van der Waals surface area contributed by atoms with Gasteiger partial charge >= 0.3 is 5.69 Å². The van der Waals surface area contributed by atoms with Gasteiger partial charge in [-0.2, -0.15) is 4.98 Å². The summed E-state index contributed by atoms with van der Waals surface area (Å²) in [7, 11) is 5.32. The van der Waals surface area contributed by atoms with Gasteiger partial charge in [0.25, 0.3) is 5.56 Å². The van der Waals surface area contributed by atoms with Crippen LogP contribution in [0.3, 0.4) is 0 Å². The highest BCUT2D eigenvalue weighted by Crippen LogP contribution is 2.18. The quantitative estimate of drug-likeness (QED) is 0.640. The van der Waals surface area contributed by atoms with Gasteiger partial charge in [-0.3, -0.25) is 13.9 Å². The molecule has 8 heteroatoms. The molecule has 0 aliphatic carbocycles. The Bertz CT molecular complexity index is 1020. The number of benzene rings is 1. The van der Waals surface area contributed by atoms with Gasteiger partial charge < -0.3 is 9.47 Å². The molecule has 0 saturated carbocycles. The summed E-state index contributed by atoms with van der Waals surface area (Å²) in [6.07, 6.45) is 0. The lowest BCUT2D eigenvalue weighted by atomic mass is 10.2. The lowest BCUT2D eigenvalue weighted by molar-refractivity contribution is 0.380. The summed E-state index contributed by atoms with van der Waals surface area (Å²) in [6.45, 7) is 1.49. The summed E-state index contributed by atoms with van der Waals surface area (Å²) < 4.78 is 4.27. The van der Waals surface area contributed by atoms with Crippen LogP contribution in [0.1, 0.15) is 5.56 Å². The van der Waals surface area contributed by atoms with E-state index in [1.54, 1.807) is 4.57 Å². The van der Waals surface area contributed by atoms with E-state index in [0.29, 0.717) is 30.8 Å². The first-order chi connectivity index (χ1) is 11.9. The van der Waals surface area contributed by atoms with E-state index in [1.165, 1.54) is 11.6 Å². The minimum atomic E-state index is -0.392. The van der Waals surface area contributed by atoms with Gasteiger partial charge in [0.2, 0.25) is 5.28 Å². The molecule has 0 saturated heterocycles. The second kappa shape index (κ2) is 6.85. The van der Waals surface area contributed by atoms with Crippen molar-refractivity contribution in [3.05, 3.63) is 62.0 Å². The molecule has 3 rings (SSSR count). The average Bonchev–Trinajstić information content (AvgIpc) is 2.90. The van der Waals surface area contributed by atoms with Gasteiger partial charge in [0.05, 0.1) is 6.54 Å². The van der Waals surface area contributed by atoms with Crippen LogP contribution in [0.25, 0.3) is 11.2 Å². The highest BCUT2D eigenvalue weighted by Gasteiger charge is 2.19. The first-order valence-electron chi connectivity index (χ1n) is 7.94. The summed E-state index contributed by atoms with van der Waals surface area (Å²) in [5.74, 6) is 0. The van der Waals surface area contributed by atoms with Crippen LogP contribution in [0.4, 0.5) is 0 Å². The number of hydrogen-bond donors (Lipinski definition) is 0. The van der Waals surface area contributed by atoms with Crippen LogP contribution >= 0.6 is 11.6 Å². The van der Waals surface area contributed by atoms with Gasteiger partial charge in [-0.25, -0.2) is 4.79 Å². The predicted molar refractivity (Wildman–Crippen MR) is 98.3 cm³/mol. The van der Waals surface area contributed by atoms with Crippen molar-refractivity contribution in [1.29, 1.82) is 0 Å². The van der Waals surface area contributed by atoms with Crippen molar-refractivity contribution in [2.75, 3.05) is 20.6 Å². The zero-order chi connectivity index (χ0) is 18.1. The molecular formula is C17H20ClN5O2. The third-order valence-corrected chi connectivity index (χ3v) is 4.43. The Morgan fingerprint density at radius 3 is 2.44 bits per heavy atom. The summed E-state index contributed by atoms with van der Waals surface area (Å²) in [4.78, 5) is 31.5. The standard InChI is InChI=1S/C17H20ClN5O2/c1-20(2)9-10-22-14-13(15(24)21(3)17(22)25)23(16(18)19-14)11-12-7-5-4-6-8-12/h4-8H,9-11H2,1-3H3. The Labute approximate surface area is 149 Å². The van der Waals surface area contributed by atoms with E-state index in [0.717, 1.165) is 10.1 Å². The fourth-order valence-corrected chi connectivity index (χ4v) is 2.97. The smallest absolute Gasteiger partial charge is 0.308 e. The van der Waals surface area contributed by atoms with E-state index in [-0.39, 0.29) is 11.0 Å². The number of imidazole rings is 1. The average molecular weight is 362 g/mol. The van der Waals surface area contributed by atoms with Gasteiger partial charge in [0.15, 0.2) is 11.2 Å². The van der Waals surface area contributed by atoms with Crippen molar-refractivity contribution in [1.82, 2.24) is 23.6 Å². The Balaban J connectivity index is 2.21. The highest BCUT2D eigenvalue weighted by atomic mass is 35.5. The fourth-order valence-electron chi connectivity index (χ4n) is 2.74. The van der Waals surface area contributed by atoms with E-state index in [4.69, 9.17) is 11.6 Å². The third-order valence-electron chi connectivity index (χ3n) is 4.14. The van der Waals surface area contributed by atoms with Crippen LogP contribution in [-0.2, 0) is 20.1 Å². The number of aromatic nitrogens is 4. The first kappa shape index (κ1) is 17.4. The topological polar surface area (TPSA) is 65.1 Å². The van der Waals surface area contributed by atoms with Crippen LogP contribution in [0.2, 0.25) is 5.28 Å². The lowest BCUT2D eigenvalue weighted by Gasteiger charge is -2.13. The largest absolute Gasteiger partial charge is 0.332 e. The van der Waals surface area contributed by atoms with E-state index in [9.17, 15) is 9.59 Å². The molecular weight excluding hydrogens is 342 g/mol. The van der Waals surface area contributed by atoms with Crippen molar-refractivity contribution >= 4 is 22.8 Å². The molecule has 1 aromatic carbocycles. The molecule has 2 aromatic heterocycles. The van der Waals surface area contributed by atoms with Gasteiger partial charge in [-0.05, 0) is 31.3 Å². The molecule has 0 aliphatic rings. The normalized spacial score (nSPS) is 11.6. The summed E-state index contributed by atoms with van der Waals surface area (Å²) in [5.41, 5.74) is 0.888. The van der Waals surface area contributed by atoms with Crippen molar-refractivity contribution in [2.45, 2.75) is 13.1 Å². The number of fused-ring (bicyclic) bond motifs is 1. The molecule has 2 heterocycles. The number of hydrogen-bond acceptors (Lipinski definition) is 4. The molecule has 0 N–H and O–H groups in total. The zero-order valence-corrected chi connectivity index (χ0v) is 15.2. The molecule has 0 fully saturated rings. The van der Waals surface area contributed by atoms with Crippen LogP contribution in [0, 0.1) is 0 Å². The molecule has 0 amide bonds. The second-order valence-corrected chi connectivity index (χ2v) is 6.56. The van der Waals surface area contributed by atoms with Crippen LogP contribution in [0.5, 0.6) is 0 Å². The molecule has 0 spiro atoms. The van der Waals surface area contributed by atoms with Gasteiger partial charge in [-0.15, -0.1) is 0 Å². The Morgan fingerprint density at radius 2 is 1.80 bits per heavy atom. The number of likely N-dealkylation sites (N-methyl/N-ethyl adjacent to an activating group) is 1. The molecule has 0 aliphatic heterocycles. The molecule has 0 radical (unpaired) electrons. The molecule has 7 nitrogen and oxygen atoms in total. The lowest BCUT2D eigenvalue weighted by Crippen LogP contribution is -2.40. The van der Waals surface area contributed by atoms with E-state index in [2.05, 4.69) is 4.98 Å². The highest BCUT2D eigenvalue weighted by molar-refractivity contribution is 6.29. The van der Waals surface area contributed by atoms with E-state index in [1.807, 2.05) is 49.3 Å². The molecule has 25 heavy (non-hydrogen) atoms. The number of rotatable bonds is 5. The Kier molecular flexibility index (Phi) is 4.78. The van der Waals surface area contributed by atoms with Crippen LogP contribution in [-0.4, -0.2) is 44.2 Å². The minimum Gasteiger partial charge on any atom is -0.308 e. The van der Waals surface area contributed by atoms with Crippen molar-refractivity contribution < 1.29 is 0 Å². The molecule has 0 unspecified atom stereocenters. The summed E-state index contributed by atoms with van der Waals surface area (Å²) in [6, 6.07) is 9.68. The molecule has 132 valence electrons. The predicted octanol–water partition coefficient (Wildman–Crippen LogP) is 1.16. The number of nitrogens with zero attached hydrogens (tertiary/aromatic N) is 5. The van der Waals surface area contributed by atoms with Crippen LogP contribution in [0.15, 0.2) is 39.9 Å². The third kappa shape index (κ3) is 3.25. The van der Waals surface area contributed by atoms with Gasteiger partial charge in [0, 0.05) is 20.1 Å². The fraction of sp³-hybridized carbons (Fsp3) is 0.353. The van der Waals surface area contributed by atoms with Gasteiger partial charge in [0.1, 0.15) is 0 Å². The van der Waals surface area contributed by atoms with Gasteiger partial charge in [-0.1, -0.05) is 30.3 Å². The Morgan fingerprint density at radius 1 is 1.12 bits per heavy atom. The maximum atomic E-state index is 12.7. The summed E-state index contributed by atoms with van der Waals surface area (Å²) >= 11 is 6.31. The zero-order valence-electron chi connectivity index (χ0n) is 14.4. The molecule has 0 atom stereocenters. The number of halogens is 1. The molecule has 0 bridgehead atoms. The van der Waals surface area contributed by atoms with Crippen molar-refractivity contribution in [3.8, 4) is 0 Å². The second-order valence-electron chi connectivity index (χ2n) is 6.23. The Hall–Kier alpha value is -2.38.